The Bertz CT molecular complexity index is 178. The molecule has 1 saturated heterocycles. The van der Waals surface area contributed by atoms with Crippen LogP contribution in [0.2, 0.25) is 0 Å². The van der Waals surface area contributed by atoms with E-state index in [2.05, 4.69) is 5.92 Å². The molecular formula is C9H14O2. The molecule has 62 valence electrons. The van der Waals surface area contributed by atoms with Gasteiger partial charge in [-0.15, -0.1) is 12.3 Å². The summed E-state index contributed by atoms with van der Waals surface area (Å²) in [6.45, 7) is 3.59. The smallest absolute Gasteiger partial charge is 0.164 e. The van der Waals surface area contributed by atoms with Crippen LogP contribution in [0.1, 0.15) is 26.7 Å². The lowest BCUT2D eigenvalue weighted by molar-refractivity contribution is -0.244. The summed E-state index contributed by atoms with van der Waals surface area (Å²) >= 11 is 0. The molecule has 0 spiro atoms. The van der Waals surface area contributed by atoms with E-state index >= 15 is 0 Å². The lowest BCUT2D eigenvalue weighted by Gasteiger charge is -2.35. The zero-order valence-corrected chi connectivity index (χ0v) is 7.00. The van der Waals surface area contributed by atoms with E-state index in [1.165, 1.54) is 0 Å². The van der Waals surface area contributed by atoms with Crippen LogP contribution in [0.15, 0.2) is 0 Å². The third-order valence-corrected chi connectivity index (χ3v) is 1.93. The van der Waals surface area contributed by atoms with Gasteiger partial charge in [-0.25, -0.2) is 0 Å². The predicted octanol–water partition coefficient (Wildman–Crippen LogP) is 1.14. The molecule has 0 aromatic rings. The molecule has 3 unspecified atom stereocenters. The third kappa shape index (κ3) is 2.21. The van der Waals surface area contributed by atoms with Crippen molar-refractivity contribution < 1.29 is 9.84 Å². The average Bonchev–Trinajstić information content (AvgIpc) is 1.83. The zero-order valence-electron chi connectivity index (χ0n) is 7.00. The Labute approximate surface area is 67.6 Å². The van der Waals surface area contributed by atoms with Gasteiger partial charge >= 0.3 is 0 Å². The molecule has 3 atom stereocenters. The summed E-state index contributed by atoms with van der Waals surface area (Å²) in [6, 6.07) is 0. The van der Waals surface area contributed by atoms with Gasteiger partial charge in [-0.05, 0) is 20.3 Å². The monoisotopic (exact) mass is 154 g/mol. The second-order valence-corrected chi connectivity index (χ2v) is 3.41. The molecule has 0 bridgehead atoms. The summed E-state index contributed by atoms with van der Waals surface area (Å²) in [5.41, 5.74) is 0. The van der Waals surface area contributed by atoms with Crippen LogP contribution < -0.4 is 0 Å². The van der Waals surface area contributed by atoms with Crippen LogP contribution in [-0.2, 0) is 4.74 Å². The van der Waals surface area contributed by atoms with E-state index in [-0.39, 0.29) is 12.0 Å². The van der Waals surface area contributed by atoms with Crippen molar-refractivity contribution in [1.82, 2.24) is 0 Å². The van der Waals surface area contributed by atoms with Crippen LogP contribution in [0.3, 0.4) is 0 Å². The van der Waals surface area contributed by atoms with Crippen LogP contribution in [0, 0.1) is 18.3 Å². The van der Waals surface area contributed by atoms with E-state index in [0.717, 1.165) is 6.42 Å². The minimum Gasteiger partial charge on any atom is -0.366 e. The van der Waals surface area contributed by atoms with Gasteiger partial charge in [0, 0.05) is 12.3 Å². The van der Waals surface area contributed by atoms with Gasteiger partial charge in [0.05, 0.1) is 6.10 Å². The highest BCUT2D eigenvalue weighted by Gasteiger charge is 2.33. The quantitative estimate of drug-likeness (QED) is 0.530. The molecule has 0 radical (unpaired) electrons. The van der Waals surface area contributed by atoms with Gasteiger partial charge in [0.25, 0.3) is 0 Å². The highest BCUT2D eigenvalue weighted by atomic mass is 16.6. The SMILES string of the molecule is C#CC1CC(C)OC(C)(O)C1. The van der Waals surface area contributed by atoms with E-state index < -0.39 is 5.79 Å². The van der Waals surface area contributed by atoms with Crippen molar-refractivity contribution in [3.05, 3.63) is 0 Å². The van der Waals surface area contributed by atoms with E-state index in [0.29, 0.717) is 6.42 Å². The molecule has 1 fully saturated rings. The Balaban J connectivity index is 2.60. The maximum atomic E-state index is 9.53. The topological polar surface area (TPSA) is 29.5 Å². The van der Waals surface area contributed by atoms with Crippen LogP contribution in [0.5, 0.6) is 0 Å². The van der Waals surface area contributed by atoms with Crippen molar-refractivity contribution in [3.63, 3.8) is 0 Å². The highest BCUT2D eigenvalue weighted by Crippen LogP contribution is 2.29. The molecule has 1 N–H and O–H groups in total. The Hall–Kier alpha value is -0.520. The fourth-order valence-corrected chi connectivity index (χ4v) is 1.60. The molecular weight excluding hydrogens is 140 g/mol. The Kier molecular flexibility index (Phi) is 2.22. The summed E-state index contributed by atoms with van der Waals surface area (Å²) in [7, 11) is 0. The summed E-state index contributed by atoms with van der Waals surface area (Å²) in [5.74, 6) is 1.79. The fraction of sp³-hybridized carbons (Fsp3) is 0.778. The molecule has 1 aliphatic heterocycles. The van der Waals surface area contributed by atoms with Crippen molar-refractivity contribution in [3.8, 4) is 12.3 Å². The number of hydrogen-bond donors (Lipinski definition) is 1. The van der Waals surface area contributed by atoms with E-state index in [1.807, 2.05) is 6.92 Å². The Morgan fingerprint density at radius 1 is 1.73 bits per heavy atom. The van der Waals surface area contributed by atoms with Crippen molar-refractivity contribution in [2.24, 2.45) is 5.92 Å². The van der Waals surface area contributed by atoms with E-state index in [9.17, 15) is 5.11 Å². The second kappa shape index (κ2) is 2.84. The average molecular weight is 154 g/mol. The number of terminal acetylenes is 1. The van der Waals surface area contributed by atoms with Crippen molar-refractivity contribution in [2.45, 2.75) is 38.6 Å². The van der Waals surface area contributed by atoms with Gasteiger partial charge in [0.15, 0.2) is 5.79 Å². The first-order chi connectivity index (χ1) is 5.03. The Morgan fingerprint density at radius 2 is 2.36 bits per heavy atom. The zero-order chi connectivity index (χ0) is 8.48. The normalized spacial score (nSPS) is 44.9. The van der Waals surface area contributed by atoms with Crippen LogP contribution >= 0.6 is 0 Å². The number of rotatable bonds is 0. The first-order valence-electron chi connectivity index (χ1n) is 3.90. The second-order valence-electron chi connectivity index (χ2n) is 3.41. The molecule has 1 heterocycles. The van der Waals surface area contributed by atoms with Gasteiger partial charge in [-0.1, -0.05) is 0 Å². The molecule has 0 aromatic carbocycles. The first-order valence-corrected chi connectivity index (χ1v) is 3.90. The summed E-state index contributed by atoms with van der Waals surface area (Å²) < 4.78 is 5.27. The molecule has 0 amide bonds. The van der Waals surface area contributed by atoms with Crippen molar-refractivity contribution >= 4 is 0 Å². The lowest BCUT2D eigenvalue weighted by Crippen LogP contribution is -2.40. The summed E-state index contributed by atoms with van der Waals surface area (Å²) in [6.07, 6.45) is 6.74. The molecule has 0 aliphatic carbocycles. The van der Waals surface area contributed by atoms with Gasteiger partial charge in [-0.2, -0.15) is 0 Å². The van der Waals surface area contributed by atoms with Gasteiger partial charge < -0.3 is 9.84 Å². The minimum atomic E-state index is -1.02. The van der Waals surface area contributed by atoms with Crippen LogP contribution in [0.4, 0.5) is 0 Å². The molecule has 0 aromatic heterocycles. The van der Waals surface area contributed by atoms with Gasteiger partial charge in [0.2, 0.25) is 0 Å². The number of hydrogen-bond acceptors (Lipinski definition) is 2. The maximum absolute atomic E-state index is 9.53. The molecule has 1 aliphatic rings. The predicted molar refractivity (Wildman–Crippen MR) is 42.7 cm³/mol. The van der Waals surface area contributed by atoms with E-state index in [4.69, 9.17) is 11.2 Å². The van der Waals surface area contributed by atoms with Crippen molar-refractivity contribution in [1.29, 1.82) is 0 Å². The van der Waals surface area contributed by atoms with Crippen molar-refractivity contribution in [2.75, 3.05) is 0 Å². The standard InChI is InChI=1S/C9H14O2/c1-4-8-5-7(2)11-9(3,10)6-8/h1,7-8,10H,5-6H2,2-3H3. The minimum absolute atomic E-state index is 0.0693. The lowest BCUT2D eigenvalue weighted by atomic mass is 9.92. The molecule has 11 heavy (non-hydrogen) atoms. The third-order valence-electron chi connectivity index (χ3n) is 1.93. The fourth-order valence-electron chi connectivity index (χ4n) is 1.60. The maximum Gasteiger partial charge on any atom is 0.164 e. The van der Waals surface area contributed by atoms with Crippen LogP contribution in [-0.4, -0.2) is 17.0 Å². The number of ether oxygens (including phenoxy) is 1. The molecule has 1 rings (SSSR count). The molecule has 0 saturated carbocycles. The van der Waals surface area contributed by atoms with Gasteiger partial charge in [-0.3, -0.25) is 0 Å². The first kappa shape index (κ1) is 8.58. The van der Waals surface area contributed by atoms with Crippen LogP contribution in [0.25, 0.3) is 0 Å². The highest BCUT2D eigenvalue weighted by molar-refractivity contribution is 4.97. The molecule has 2 nitrogen and oxygen atoms in total. The van der Waals surface area contributed by atoms with E-state index in [1.54, 1.807) is 6.92 Å². The summed E-state index contributed by atoms with van der Waals surface area (Å²) in [4.78, 5) is 0. The summed E-state index contributed by atoms with van der Waals surface area (Å²) in [5, 5.41) is 9.53. The molecule has 2 heteroatoms. The Morgan fingerprint density at radius 3 is 2.82 bits per heavy atom. The largest absolute Gasteiger partial charge is 0.366 e. The number of aliphatic hydroxyl groups is 1. The van der Waals surface area contributed by atoms with Gasteiger partial charge in [0.1, 0.15) is 0 Å².